The Balaban J connectivity index is 0.00000220. The average molecular weight is 351 g/mol. The zero-order chi connectivity index (χ0) is 14.4. The monoisotopic (exact) mass is 350 g/mol. The fourth-order valence-corrected chi connectivity index (χ4v) is 3.32. The molecule has 2 unspecified atom stereocenters. The topological polar surface area (TPSA) is 61.4 Å². The van der Waals surface area contributed by atoms with Crippen molar-refractivity contribution in [1.82, 2.24) is 10.6 Å². The maximum atomic E-state index is 11.8. The van der Waals surface area contributed by atoms with Crippen LogP contribution in [0.25, 0.3) is 0 Å². The molecular weight excluding hydrogens is 331 g/mol. The van der Waals surface area contributed by atoms with Gasteiger partial charge in [-0.15, -0.1) is 12.4 Å². The Kier molecular flexibility index (Phi) is 8.44. The molecule has 118 valence electrons. The highest BCUT2D eigenvalue weighted by Gasteiger charge is 2.18. The summed E-state index contributed by atoms with van der Waals surface area (Å²) in [4.78, 5) is 11.8. The van der Waals surface area contributed by atoms with Crippen molar-refractivity contribution in [2.45, 2.75) is 18.6 Å². The first kappa shape index (κ1) is 18.6. The molecule has 1 aromatic carbocycles. The molecule has 21 heavy (non-hydrogen) atoms. The zero-order valence-electron chi connectivity index (χ0n) is 11.5. The molecule has 1 aromatic rings. The highest BCUT2D eigenvalue weighted by molar-refractivity contribution is 7.99. The van der Waals surface area contributed by atoms with E-state index < -0.39 is 6.10 Å². The Labute approximate surface area is 140 Å². The van der Waals surface area contributed by atoms with Crippen molar-refractivity contribution in [3.63, 3.8) is 0 Å². The Morgan fingerprint density at radius 2 is 2.29 bits per heavy atom. The number of rotatable bonds is 5. The molecule has 0 aliphatic carbocycles. The van der Waals surface area contributed by atoms with E-state index in [1.807, 2.05) is 23.9 Å². The molecule has 1 saturated heterocycles. The van der Waals surface area contributed by atoms with Gasteiger partial charge in [0.25, 0.3) is 0 Å². The number of benzene rings is 1. The van der Waals surface area contributed by atoms with Gasteiger partial charge in [0.2, 0.25) is 5.91 Å². The van der Waals surface area contributed by atoms with Crippen molar-refractivity contribution in [2.24, 2.45) is 0 Å². The van der Waals surface area contributed by atoms with Gasteiger partial charge in [0.05, 0.1) is 6.10 Å². The maximum Gasteiger partial charge on any atom is 0.221 e. The van der Waals surface area contributed by atoms with Crippen molar-refractivity contribution in [1.29, 1.82) is 0 Å². The summed E-state index contributed by atoms with van der Waals surface area (Å²) < 4.78 is 0. The molecule has 1 fully saturated rings. The van der Waals surface area contributed by atoms with Crippen LogP contribution in [0.3, 0.4) is 0 Å². The molecule has 0 bridgehead atoms. The molecule has 2 atom stereocenters. The number of amides is 1. The summed E-state index contributed by atoms with van der Waals surface area (Å²) in [5.41, 5.74) is 0.640. The van der Waals surface area contributed by atoms with Gasteiger partial charge in [-0.3, -0.25) is 4.79 Å². The molecule has 1 aliphatic heterocycles. The maximum absolute atomic E-state index is 11.8. The largest absolute Gasteiger partial charge is 0.387 e. The van der Waals surface area contributed by atoms with E-state index in [2.05, 4.69) is 10.6 Å². The summed E-state index contributed by atoms with van der Waals surface area (Å²) in [6.07, 6.45) is -0.330. The minimum Gasteiger partial charge on any atom is -0.387 e. The second-order valence-electron chi connectivity index (χ2n) is 4.77. The minimum absolute atomic E-state index is 0. The molecular formula is C14H20Cl2N2O2S. The molecule has 1 amide bonds. The van der Waals surface area contributed by atoms with Crippen LogP contribution in [0.1, 0.15) is 18.1 Å². The van der Waals surface area contributed by atoms with Gasteiger partial charge in [-0.05, 0) is 6.07 Å². The van der Waals surface area contributed by atoms with E-state index in [-0.39, 0.29) is 30.9 Å². The van der Waals surface area contributed by atoms with Crippen LogP contribution in [0.5, 0.6) is 0 Å². The van der Waals surface area contributed by atoms with Crippen molar-refractivity contribution >= 4 is 41.7 Å². The minimum atomic E-state index is -0.777. The lowest BCUT2D eigenvalue weighted by Crippen LogP contribution is -2.41. The van der Waals surface area contributed by atoms with Crippen LogP contribution in [-0.4, -0.2) is 41.7 Å². The summed E-state index contributed by atoms with van der Waals surface area (Å²) >= 11 is 7.86. The summed E-state index contributed by atoms with van der Waals surface area (Å²) in [7, 11) is 0. The normalized spacial score (nSPS) is 19.4. The van der Waals surface area contributed by atoms with E-state index in [4.69, 9.17) is 11.6 Å². The molecule has 1 aliphatic rings. The number of carbonyl (C=O) groups is 1. The van der Waals surface area contributed by atoms with E-state index in [9.17, 15) is 9.90 Å². The quantitative estimate of drug-likeness (QED) is 0.760. The highest BCUT2D eigenvalue weighted by atomic mass is 35.5. The fourth-order valence-electron chi connectivity index (χ4n) is 2.11. The van der Waals surface area contributed by atoms with Gasteiger partial charge in [0.1, 0.15) is 0 Å². The molecule has 2 rings (SSSR count). The highest BCUT2D eigenvalue weighted by Crippen LogP contribution is 2.21. The van der Waals surface area contributed by atoms with E-state index in [1.165, 1.54) is 0 Å². The average Bonchev–Trinajstić information content (AvgIpc) is 2.46. The van der Waals surface area contributed by atoms with E-state index >= 15 is 0 Å². The Bertz CT molecular complexity index is 456. The van der Waals surface area contributed by atoms with Gasteiger partial charge in [-0.2, -0.15) is 11.8 Å². The zero-order valence-corrected chi connectivity index (χ0v) is 13.9. The van der Waals surface area contributed by atoms with Crippen molar-refractivity contribution in [3.8, 4) is 0 Å². The first-order chi connectivity index (χ1) is 9.66. The predicted octanol–water partition coefficient (Wildman–Crippen LogP) is 2.01. The van der Waals surface area contributed by atoms with Gasteiger partial charge >= 0.3 is 0 Å². The number of thioether (sulfide) groups is 1. The Hall–Kier alpha value is -0.460. The van der Waals surface area contributed by atoms with E-state index in [0.29, 0.717) is 17.0 Å². The SMILES string of the molecule is Cl.O=C(CC1CSCCN1)NCC(O)c1ccccc1Cl. The second-order valence-corrected chi connectivity index (χ2v) is 6.33. The lowest BCUT2D eigenvalue weighted by atomic mass is 10.1. The Morgan fingerprint density at radius 1 is 1.52 bits per heavy atom. The van der Waals surface area contributed by atoms with Crippen molar-refractivity contribution < 1.29 is 9.90 Å². The van der Waals surface area contributed by atoms with Crippen LogP contribution in [0.4, 0.5) is 0 Å². The van der Waals surface area contributed by atoms with Crippen molar-refractivity contribution in [3.05, 3.63) is 34.9 Å². The second kappa shape index (κ2) is 9.54. The number of hydrogen-bond donors (Lipinski definition) is 3. The number of hydrogen-bond acceptors (Lipinski definition) is 4. The molecule has 4 nitrogen and oxygen atoms in total. The lowest BCUT2D eigenvalue weighted by molar-refractivity contribution is -0.121. The third-order valence-corrected chi connectivity index (χ3v) is 4.66. The van der Waals surface area contributed by atoms with E-state index in [1.54, 1.807) is 12.1 Å². The summed E-state index contributed by atoms with van der Waals surface area (Å²) in [6.45, 7) is 1.13. The number of nitrogens with one attached hydrogen (secondary N) is 2. The molecule has 0 spiro atoms. The standard InChI is InChI=1S/C14H19ClN2O2S.ClH/c15-12-4-2-1-3-11(12)13(18)8-17-14(19)7-10-9-20-6-5-16-10;/h1-4,10,13,16,18H,5-9H2,(H,17,19);1H. The van der Waals surface area contributed by atoms with Crippen LogP contribution in [0.2, 0.25) is 5.02 Å². The number of aliphatic hydroxyl groups excluding tert-OH is 1. The van der Waals surface area contributed by atoms with Crippen LogP contribution >= 0.6 is 35.8 Å². The van der Waals surface area contributed by atoms with Crippen molar-refractivity contribution in [2.75, 3.05) is 24.6 Å². The van der Waals surface area contributed by atoms with Gasteiger partial charge in [0, 0.05) is 47.6 Å². The number of carbonyl (C=O) groups excluding carboxylic acids is 1. The predicted molar refractivity (Wildman–Crippen MR) is 90.4 cm³/mol. The fraction of sp³-hybridized carbons (Fsp3) is 0.500. The first-order valence-corrected chi connectivity index (χ1v) is 8.20. The molecule has 7 heteroatoms. The Morgan fingerprint density at radius 3 is 2.95 bits per heavy atom. The lowest BCUT2D eigenvalue weighted by Gasteiger charge is -2.22. The first-order valence-electron chi connectivity index (χ1n) is 6.67. The van der Waals surface area contributed by atoms with E-state index in [0.717, 1.165) is 18.1 Å². The molecule has 0 aromatic heterocycles. The van der Waals surface area contributed by atoms with Gasteiger partial charge in [-0.25, -0.2) is 0 Å². The van der Waals surface area contributed by atoms with Gasteiger partial charge < -0.3 is 15.7 Å². The molecule has 1 heterocycles. The van der Waals surface area contributed by atoms with Gasteiger partial charge in [-0.1, -0.05) is 29.8 Å². The smallest absolute Gasteiger partial charge is 0.221 e. The molecule has 0 radical (unpaired) electrons. The summed E-state index contributed by atoms with van der Waals surface area (Å²) in [5, 5.41) is 16.6. The molecule has 3 N–H and O–H groups in total. The van der Waals surface area contributed by atoms with Crippen LogP contribution in [-0.2, 0) is 4.79 Å². The van der Waals surface area contributed by atoms with Crippen LogP contribution < -0.4 is 10.6 Å². The number of aliphatic hydroxyl groups is 1. The third-order valence-electron chi connectivity index (χ3n) is 3.19. The summed E-state index contributed by atoms with van der Waals surface area (Å²) in [5.74, 6) is 2.01. The van der Waals surface area contributed by atoms with Crippen LogP contribution in [0.15, 0.2) is 24.3 Å². The molecule has 0 saturated carbocycles. The third kappa shape index (κ3) is 6.04. The van der Waals surface area contributed by atoms with Gasteiger partial charge in [0.15, 0.2) is 0 Å². The van der Waals surface area contributed by atoms with Crippen LogP contribution in [0, 0.1) is 0 Å². The number of halogens is 2. The summed E-state index contributed by atoms with van der Waals surface area (Å²) in [6, 6.07) is 7.34.